The van der Waals surface area contributed by atoms with Crippen molar-refractivity contribution in [3.63, 3.8) is 0 Å². The lowest BCUT2D eigenvalue weighted by Gasteiger charge is -2.15. The molecule has 0 aliphatic heterocycles. The fourth-order valence-corrected chi connectivity index (χ4v) is 3.61. The van der Waals surface area contributed by atoms with Crippen molar-refractivity contribution in [2.45, 2.75) is 45.7 Å². The number of halogens is 1. The maximum atomic E-state index is 4.71. The third kappa shape index (κ3) is 4.05. The van der Waals surface area contributed by atoms with E-state index in [1.165, 1.54) is 8.45 Å². The third-order valence-corrected chi connectivity index (χ3v) is 5.37. The van der Waals surface area contributed by atoms with Crippen LogP contribution in [-0.4, -0.2) is 16.3 Å². The molecule has 0 aliphatic carbocycles. The molecule has 0 aromatic carbocycles. The van der Waals surface area contributed by atoms with Crippen molar-refractivity contribution in [1.29, 1.82) is 0 Å². The highest BCUT2D eigenvalue weighted by molar-refractivity contribution is 14.1. The summed E-state index contributed by atoms with van der Waals surface area (Å²) >= 11 is 4.19. The van der Waals surface area contributed by atoms with E-state index in [9.17, 15) is 0 Å². The summed E-state index contributed by atoms with van der Waals surface area (Å²) in [7, 11) is 0. The van der Waals surface area contributed by atoms with Gasteiger partial charge in [-0.3, -0.25) is 4.68 Å². The Balaban J connectivity index is 2.10. The predicted molar refractivity (Wildman–Crippen MR) is 94.4 cm³/mol. The van der Waals surface area contributed by atoms with E-state index in [0.29, 0.717) is 12.1 Å². The Morgan fingerprint density at radius 1 is 1.45 bits per heavy atom. The lowest BCUT2D eigenvalue weighted by atomic mass is 10.1. The summed E-state index contributed by atoms with van der Waals surface area (Å²) in [5, 5.41) is 10.5. The molecule has 2 rings (SSSR count). The minimum atomic E-state index is 0.361. The summed E-state index contributed by atoms with van der Waals surface area (Å²) in [4.78, 5) is 0. The molecule has 0 amide bonds. The fraction of sp³-hybridized carbons (Fsp3) is 0.533. The van der Waals surface area contributed by atoms with Crippen LogP contribution in [0.4, 0.5) is 0 Å². The zero-order valence-corrected chi connectivity index (χ0v) is 15.2. The molecule has 2 atom stereocenters. The summed E-state index contributed by atoms with van der Waals surface area (Å²) in [5.74, 6) is 0. The fourth-order valence-electron chi connectivity index (χ4n) is 2.19. The summed E-state index contributed by atoms with van der Waals surface area (Å²) in [6.07, 6.45) is 4.16. The van der Waals surface area contributed by atoms with Crippen molar-refractivity contribution < 1.29 is 0 Å². The Hall–Kier alpha value is -0.400. The van der Waals surface area contributed by atoms with Gasteiger partial charge in [0, 0.05) is 24.7 Å². The van der Waals surface area contributed by atoms with E-state index in [-0.39, 0.29) is 0 Å². The predicted octanol–water partition coefficient (Wildman–Crippen LogP) is 4.41. The van der Waals surface area contributed by atoms with E-state index in [2.05, 4.69) is 77.1 Å². The molecule has 0 spiro atoms. The molecule has 1 N–H and O–H groups in total. The largest absolute Gasteiger partial charge is 0.310 e. The quantitative estimate of drug-likeness (QED) is 0.694. The van der Waals surface area contributed by atoms with E-state index >= 15 is 0 Å². The monoisotopic (exact) mass is 403 g/mol. The first-order chi connectivity index (χ1) is 9.63. The van der Waals surface area contributed by atoms with Gasteiger partial charge in [0.2, 0.25) is 0 Å². The normalized spacial score (nSPS) is 14.4. The van der Waals surface area contributed by atoms with Crippen molar-refractivity contribution >= 4 is 33.9 Å². The van der Waals surface area contributed by atoms with Gasteiger partial charge in [0.05, 0.1) is 8.58 Å². The molecular formula is C15H22IN3S. The summed E-state index contributed by atoms with van der Waals surface area (Å²) in [6, 6.07) is 5.25. The van der Waals surface area contributed by atoms with Crippen molar-refractivity contribution in [3.8, 4) is 0 Å². The van der Waals surface area contributed by atoms with E-state index in [4.69, 9.17) is 5.10 Å². The highest BCUT2D eigenvalue weighted by Crippen LogP contribution is 2.25. The SMILES string of the molecule is CCNC(Cc1ccn(C(C)CC)n1)c1csc(I)c1. The molecule has 2 heterocycles. The summed E-state index contributed by atoms with van der Waals surface area (Å²) < 4.78 is 3.42. The molecule has 2 aromatic heterocycles. The van der Waals surface area contributed by atoms with Gasteiger partial charge < -0.3 is 5.32 Å². The average molecular weight is 403 g/mol. The highest BCUT2D eigenvalue weighted by atomic mass is 127. The van der Waals surface area contributed by atoms with Crippen molar-refractivity contribution in [3.05, 3.63) is 37.9 Å². The molecule has 110 valence electrons. The van der Waals surface area contributed by atoms with Crippen LogP contribution in [0.25, 0.3) is 0 Å². The Kier molecular flexibility index (Phi) is 6.04. The van der Waals surface area contributed by atoms with Gasteiger partial charge >= 0.3 is 0 Å². The van der Waals surface area contributed by atoms with Gasteiger partial charge in [-0.15, -0.1) is 11.3 Å². The smallest absolute Gasteiger partial charge is 0.0656 e. The number of likely N-dealkylation sites (N-methyl/N-ethyl adjacent to an activating group) is 1. The minimum absolute atomic E-state index is 0.361. The number of hydrogen-bond donors (Lipinski definition) is 1. The van der Waals surface area contributed by atoms with E-state index in [1.54, 1.807) is 11.3 Å². The van der Waals surface area contributed by atoms with Crippen LogP contribution in [0.5, 0.6) is 0 Å². The molecule has 0 aliphatic rings. The van der Waals surface area contributed by atoms with Crippen molar-refractivity contribution in [2.24, 2.45) is 0 Å². The van der Waals surface area contributed by atoms with Crippen LogP contribution >= 0.6 is 33.9 Å². The van der Waals surface area contributed by atoms with Gasteiger partial charge in [-0.2, -0.15) is 5.10 Å². The summed E-state index contributed by atoms with van der Waals surface area (Å²) in [5.41, 5.74) is 2.54. The van der Waals surface area contributed by atoms with Crippen LogP contribution in [0.2, 0.25) is 0 Å². The minimum Gasteiger partial charge on any atom is -0.310 e. The van der Waals surface area contributed by atoms with Gasteiger partial charge in [0.1, 0.15) is 0 Å². The van der Waals surface area contributed by atoms with Crippen molar-refractivity contribution in [1.82, 2.24) is 15.1 Å². The number of rotatable bonds is 7. The second-order valence-corrected chi connectivity index (χ2v) is 7.85. The van der Waals surface area contributed by atoms with Crippen LogP contribution in [0, 0.1) is 2.88 Å². The first-order valence-electron chi connectivity index (χ1n) is 7.15. The van der Waals surface area contributed by atoms with Gasteiger partial charge in [0.15, 0.2) is 0 Å². The van der Waals surface area contributed by atoms with Crippen LogP contribution in [0.1, 0.15) is 50.5 Å². The molecule has 0 saturated carbocycles. The molecule has 5 heteroatoms. The molecule has 0 saturated heterocycles. The van der Waals surface area contributed by atoms with E-state index < -0.39 is 0 Å². The second kappa shape index (κ2) is 7.56. The van der Waals surface area contributed by atoms with Gasteiger partial charge in [-0.1, -0.05) is 13.8 Å². The zero-order chi connectivity index (χ0) is 14.5. The van der Waals surface area contributed by atoms with Gasteiger partial charge in [-0.05, 0) is 65.6 Å². The molecule has 0 radical (unpaired) electrons. The maximum absolute atomic E-state index is 4.71. The zero-order valence-electron chi connectivity index (χ0n) is 12.3. The molecular weight excluding hydrogens is 381 g/mol. The van der Waals surface area contributed by atoms with Crippen LogP contribution in [-0.2, 0) is 6.42 Å². The number of thiophene rings is 1. The Morgan fingerprint density at radius 2 is 2.25 bits per heavy atom. The second-order valence-electron chi connectivity index (χ2n) is 5.04. The lowest BCUT2D eigenvalue weighted by Crippen LogP contribution is -2.22. The number of nitrogens with zero attached hydrogens (tertiary/aromatic N) is 2. The average Bonchev–Trinajstić information content (AvgIpc) is 3.06. The third-order valence-electron chi connectivity index (χ3n) is 3.56. The van der Waals surface area contributed by atoms with Gasteiger partial charge in [0.25, 0.3) is 0 Å². The van der Waals surface area contributed by atoms with Crippen molar-refractivity contribution in [2.75, 3.05) is 6.54 Å². The van der Waals surface area contributed by atoms with E-state index in [0.717, 1.165) is 25.1 Å². The first-order valence-corrected chi connectivity index (χ1v) is 9.11. The molecule has 20 heavy (non-hydrogen) atoms. The van der Waals surface area contributed by atoms with Crippen LogP contribution < -0.4 is 5.32 Å². The molecule has 3 nitrogen and oxygen atoms in total. The Morgan fingerprint density at radius 3 is 2.85 bits per heavy atom. The first kappa shape index (κ1) is 16.0. The van der Waals surface area contributed by atoms with Gasteiger partial charge in [-0.25, -0.2) is 0 Å². The number of hydrogen-bond acceptors (Lipinski definition) is 3. The highest BCUT2D eigenvalue weighted by Gasteiger charge is 2.15. The lowest BCUT2D eigenvalue weighted by molar-refractivity contribution is 0.467. The summed E-state index contributed by atoms with van der Waals surface area (Å²) in [6.45, 7) is 7.53. The number of nitrogens with one attached hydrogen (secondary N) is 1. The molecule has 0 bridgehead atoms. The van der Waals surface area contributed by atoms with Crippen LogP contribution in [0.15, 0.2) is 23.7 Å². The van der Waals surface area contributed by atoms with Crippen LogP contribution in [0.3, 0.4) is 0 Å². The molecule has 2 unspecified atom stereocenters. The topological polar surface area (TPSA) is 29.9 Å². The Bertz CT molecular complexity index is 535. The molecule has 2 aromatic rings. The Labute approximate surface area is 138 Å². The molecule has 0 fully saturated rings. The van der Waals surface area contributed by atoms with E-state index in [1.807, 2.05) is 0 Å². The maximum Gasteiger partial charge on any atom is 0.0656 e. The number of aromatic nitrogens is 2. The standard InChI is InChI=1S/C15H22IN3S/c1-4-11(3)19-7-6-13(18-19)9-14(17-5-2)12-8-15(16)20-10-12/h6-8,10-11,14,17H,4-5,9H2,1-3H3.